The fourth-order valence-electron chi connectivity index (χ4n) is 5.02. The van der Waals surface area contributed by atoms with Gasteiger partial charge in [-0.15, -0.1) is 4.40 Å². The van der Waals surface area contributed by atoms with Crippen molar-refractivity contribution in [3.05, 3.63) is 150 Å². The van der Waals surface area contributed by atoms with Crippen molar-refractivity contribution in [2.75, 3.05) is 10.2 Å². The molecule has 45 heavy (non-hydrogen) atoms. The first kappa shape index (κ1) is 29.8. The molecule has 0 aliphatic heterocycles. The average Bonchev–Trinajstić information content (AvgIpc) is 3.03. The number of aromatic nitrogens is 1. The minimum Gasteiger partial charge on any atom is -0.325 e. The number of pyridine rings is 1. The summed E-state index contributed by atoms with van der Waals surface area (Å²) in [4.78, 5) is 7.10. The number of hydrogen-bond acceptors (Lipinski definition) is 3. The number of sulfonamides is 1. The van der Waals surface area contributed by atoms with E-state index in [2.05, 4.69) is 34.8 Å². The summed E-state index contributed by atoms with van der Waals surface area (Å²) in [5.41, 5.74) is 7.37. The quantitative estimate of drug-likeness (QED) is 0.150. The molecule has 6 aromatic rings. The van der Waals surface area contributed by atoms with Crippen LogP contribution >= 0.6 is 0 Å². The molecule has 224 valence electrons. The van der Waals surface area contributed by atoms with E-state index in [9.17, 15) is 8.42 Å². The van der Waals surface area contributed by atoms with Gasteiger partial charge in [0.1, 0.15) is 5.82 Å². The van der Waals surface area contributed by atoms with Crippen molar-refractivity contribution in [3.63, 3.8) is 0 Å². The van der Waals surface area contributed by atoms with Gasteiger partial charge in [0.25, 0.3) is 10.0 Å². The third-order valence-electron chi connectivity index (χ3n) is 7.62. The molecule has 6 nitrogen and oxygen atoms in total. The molecule has 0 saturated carbocycles. The van der Waals surface area contributed by atoms with Crippen molar-refractivity contribution < 1.29 is 8.42 Å². The van der Waals surface area contributed by atoms with Crippen molar-refractivity contribution in [1.29, 1.82) is 0 Å². The van der Waals surface area contributed by atoms with E-state index in [1.54, 1.807) is 29.2 Å². The average molecular weight is 611 g/mol. The lowest BCUT2D eigenvalue weighted by molar-refractivity contribution is 0.598. The van der Waals surface area contributed by atoms with E-state index >= 15 is 0 Å². The minimum atomic E-state index is -4.14. The fourth-order valence-corrected chi connectivity index (χ4v) is 5.96. The molecule has 0 saturated heterocycles. The molecule has 5 aromatic carbocycles. The highest BCUT2D eigenvalue weighted by Gasteiger charge is 2.25. The number of hydrogen-bond donors (Lipinski definition) is 1. The van der Waals surface area contributed by atoms with Crippen LogP contribution in [0.2, 0.25) is 0 Å². The van der Waals surface area contributed by atoms with E-state index in [0.29, 0.717) is 17.2 Å². The van der Waals surface area contributed by atoms with Crippen LogP contribution < -0.4 is 10.2 Å². The molecule has 0 amide bonds. The fraction of sp³-hybridized carbons (Fsp3) is 0.105. The number of guanidine groups is 1. The molecule has 1 heterocycles. The molecule has 6 rings (SSSR count). The second-order valence-corrected chi connectivity index (χ2v) is 12.9. The molecular weight excluding hydrogens is 577 g/mol. The summed E-state index contributed by atoms with van der Waals surface area (Å²) in [5, 5.41) is 5.15. The number of rotatable bonds is 6. The monoisotopic (exact) mass is 610 g/mol. The van der Waals surface area contributed by atoms with Crippen molar-refractivity contribution in [1.82, 2.24) is 4.98 Å². The van der Waals surface area contributed by atoms with Crippen molar-refractivity contribution in [2.45, 2.75) is 32.6 Å². The first-order valence-corrected chi connectivity index (χ1v) is 16.2. The van der Waals surface area contributed by atoms with Crippen molar-refractivity contribution >= 4 is 43.9 Å². The second-order valence-electron chi connectivity index (χ2n) is 11.3. The molecule has 1 N–H and O–H groups in total. The van der Waals surface area contributed by atoms with Gasteiger partial charge >= 0.3 is 0 Å². The van der Waals surface area contributed by atoms with E-state index < -0.39 is 10.0 Å². The Morgan fingerprint density at radius 3 is 1.82 bits per heavy atom. The largest absolute Gasteiger partial charge is 0.325 e. The second kappa shape index (κ2) is 12.4. The normalized spacial score (nSPS) is 11.9. The number of benzene rings is 5. The van der Waals surface area contributed by atoms with Gasteiger partial charge in [0.05, 0.1) is 16.3 Å². The lowest BCUT2D eigenvalue weighted by Crippen LogP contribution is -2.34. The van der Waals surface area contributed by atoms with Crippen LogP contribution in [0.4, 0.5) is 17.2 Å². The Labute approximate surface area is 264 Å². The zero-order valence-electron chi connectivity index (χ0n) is 25.7. The van der Waals surface area contributed by atoms with Gasteiger partial charge in [-0.05, 0) is 75.5 Å². The topological polar surface area (TPSA) is 74.7 Å². The molecule has 0 atom stereocenters. The number of anilines is 3. The van der Waals surface area contributed by atoms with E-state index in [4.69, 9.17) is 4.98 Å². The van der Waals surface area contributed by atoms with E-state index in [1.807, 2.05) is 106 Å². The van der Waals surface area contributed by atoms with Crippen LogP contribution in [0.1, 0.15) is 22.3 Å². The highest BCUT2D eigenvalue weighted by atomic mass is 32.2. The molecule has 0 unspecified atom stereocenters. The van der Waals surface area contributed by atoms with Crippen LogP contribution in [0, 0.1) is 27.7 Å². The third-order valence-corrected chi connectivity index (χ3v) is 8.90. The predicted octanol–water partition coefficient (Wildman–Crippen LogP) is 9.13. The van der Waals surface area contributed by atoms with Crippen molar-refractivity contribution in [2.24, 2.45) is 4.40 Å². The van der Waals surface area contributed by atoms with Crippen LogP contribution in [-0.4, -0.2) is 19.4 Å². The molecule has 0 aliphatic rings. The first-order valence-electron chi connectivity index (χ1n) is 14.8. The number of nitrogens with one attached hydrogen (secondary N) is 1. The maximum atomic E-state index is 13.9. The van der Waals surface area contributed by atoms with Gasteiger partial charge in [0.15, 0.2) is 0 Å². The van der Waals surface area contributed by atoms with Gasteiger partial charge in [-0.3, -0.25) is 4.90 Å². The SMILES string of the molecule is Cc1ccc(N/C(=N\S(=O)(=O)c2ccc(C)cc2)N(c2ccc(C)cc2)c2nc(-c3ccc(C)cc3)cc3ccccc23)cc1. The maximum Gasteiger partial charge on any atom is 0.285 e. The summed E-state index contributed by atoms with van der Waals surface area (Å²) in [6.07, 6.45) is 0. The van der Waals surface area contributed by atoms with Gasteiger partial charge in [0.2, 0.25) is 5.96 Å². The molecule has 1 aromatic heterocycles. The van der Waals surface area contributed by atoms with Crippen LogP contribution in [0.25, 0.3) is 22.0 Å². The Kier molecular flexibility index (Phi) is 8.20. The molecule has 0 aliphatic carbocycles. The highest BCUT2D eigenvalue weighted by molar-refractivity contribution is 7.90. The minimum absolute atomic E-state index is 0.0991. The Bertz CT molecular complexity index is 2100. The van der Waals surface area contributed by atoms with Gasteiger partial charge in [-0.2, -0.15) is 8.42 Å². The molecule has 0 fully saturated rings. The highest BCUT2D eigenvalue weighted by Crippen LogP contribution is 2.35. The summed E-state index contributed by atoms with van der Waals surface area (Å²) in [7, 11) is -4.14. The zero-order valence-corrected chi connectivity index (χ0v) is 26.5. The lowest BCUT2D eigenvalue weighted by Gasteiger charge is -2.28. The third kappa shape index (κ3) is 6.64. The summed E-state index contributed by atoms with van der Waals surface area (Å²) in [6, 6.07) is 40.6. The van der Waals surface area contributed by atoms with Gasteiger partial charge in [-0.1, -0.05) is 107 Å². The van der Waals surface area contributed by atoms with Crippen LogP contribution in [0.5, 0.6) is 0 Å². The van der Waals surface area contributed by atoms with Gasteiger partial charge in [0, 0.05) is 16.6 Å². The van der Waals surface area contributed by atoms with Gasteiger partial charge < -0.3 is 5.32 Å². The van der Waals surface area contributed by atoms with Gasteiger partial charge in [-0.25, -0.2) is 4.98 Å². The Morgan fingerprint density at radius 1 is 0.667 bits per heavy atom. The maximum absolute atomic E-state index is 13.9. The standard InChI is InChI=1S/C38H34N4O2S/c1-26-9-17-30(18-10-26)36-25-31-7-5-6-8-35(31)37(40-36)42(33-21-13-28(3)14-22-33)38(39-32-19-11-27(2)12-20-32)41-45(43,44)34-23-15-29(4)16-24-34/h5-25H,1-4H3,(H,39,41). The Balaban J connectivity index is 1.64. The van der Waals surface area contributed by atoms with Crippen LogP contribution in [0.15, 0.2) is 137 Å². The first-order chi connectivity index (χ1) is 21.7. The summed E-state index contributed by atoms with van der Waals surface area (Å²) >= 11 is 0. The van der Waals surface area contributed by atoms with Crippen molar-refractivity contribution in [3.8, 4) is 11.3 Å². The molecular formula is C38H34N4O2S. The smallest absolute Gasteiger partial charge is 0.285 e. The van der Waals surface area contributed by atoms with E-state index in [-0.39, 0.29) is 10.9 Å². The Morgan fingerprint density at radius 2 is 1.20 bits per heavy atom. The van der Waals surface area contributed by atoms with E-state index in [0.717, 1.165) is 44.3 Å². The number of aryl methyl sites for hydroxylation is 4. The van der Waals surface area contributed by atoms with Crippen LogP contribution in [-0.2, 0) is 10.0 Å². The summed E-state index contributed by atoms with van der Waals surface area (Å²) in [5.74, 6) is 0.645. The summed E-state index contributed by atoms with van der Waals surface area (Å²) in [6.45, 7) is 7.99. The number of nitrogens with zero attached hydrogens (tertiary/aromatic N) is 3. The van der Waals surface area contributed by atoms with Crippen LogP contribution in [0.3, 0.4) is 0 Å². The number of fused-ring (bicyclic) bond motifs is 1. The lowest BCUT2D eigenvalue weighted by atomic mass is 10.0. The van der Waals surface area contributed by atoms with E-state index in [1.165, 1.54) is 0 Å². The Hall–Kier alpha value is -5.27. The molecule has 0 radical (unpaired) electrons. The zero-order chi connectivity index (χ0) is 31.6. The predicted molar refractivity (Wildman–Crippen MR) is 186 cm³/mol. The summed E-state index contributed by atoms with van der Waals surface area (Å²) < 4.78 is 32.3. The molecule has 0 bridgehead atoms. The molecule has 0 spiro atoms. The molecule has 7 heteroatoms.